The van der Waals surface area contributed by atoms with Gasteiger partial charge in [0, 0.05) is 8.41 Å². The second-order valence-corrected chi connectivity index (χ2v) is 8.56. The minimum atomic E-state index is 0. The van der Waals surface area contributed by atoms with Crippen LogP contribution in [0, 0.1) is 12.8 Å². The Morgan fingerprint density at radius 3 is 2.10 bits per heavy atom. The van der Waals surface area contributed by atoms with Crippen LogP contribution in [-0.4, -0.2) is 24.5 Å². The van der Waals surface area contributed by atoms with Crippen molar-refractivity contribution in [1.82, 2.24) is 0 Å². The number of aryl methyl sites for hydroxylation is 2. The van der Waals surface area contributed by atoms with Crippen LogP contribution in [-0.2, 0) is 25.8 Å². The Morgan fingerprint density at radius 2 is 1.69 bits per heavy atom. The Kier molecular flexibility index (Phi) is 26.6. The summed E-state index contributed by atoms with van der Waals surface area (Å²) < 4.78 is 1.17. The third-order valence-electron chi connectivity index (χ3n) is 4.21. The Bertz CT molecular complexity index is 562. The fourth-order valence-corrected chi connectivity index (χ4v) is 3.39. The van der Waals surface area contributed by atoms with Gasteiger partial charge in [-0.3, -0.25) is 0 Å². The van der Waals surface area contributed by atoms with Gasteiger partial charge in [0.25, 0.3) is 0 Å². The van der Waals surface area contributed by atoms with E-state index in [1.807, 2.05) is 34.6 Å². The van der Waals surface area contributed by atoms with E-state index in [1.165, 1.54) is 66.6 Å². The monoisotopic (exact) mass is 566 g/mol. The minimum absolute atomic E-state index is 0. The molecule has 0 aromatic heterocycles. The molecule has 1 aliphatic carbocycles. The quantitative estimate of drug-likeness (QED) is 0.159. The zero-order valence-electron chi connectivity index (χ0n) is 20.2. The van der Waals surface area contributed by atoms with E-state index >= 15 is 0 Å². The van der Waals surface area contributed by atoms with E-state index < -0.39 is 0 Å². The number of hydrogen-bond acceptors (Lipinski definition) is 1. The molecule has 1 saturated carbocycles. The van der Waals surface area contributed by atoms with Gasteiger partial charge >= 0.3 is 104 Å². The van der Waals surface area contributed by atoms with Crippen LogP contribution in [0.1, 0.15) is 98.1 Å². The Hall–Kier alpha value is -0.817. The average Bonchev–Trinajstić information content (AvgIpc) is 2.72. The van der Waals surface area contributed by atoms with Crippen molar-refractivity contribution in [3.05, 3.63) is 35.4 Å². The van der Waals surface area contributed by atoms with Gasteiger partial charge < -0.3 is 0 Å². The number of nitrogens with zero attached hydrogens (tertiary/aromatic N) is 2. The molecule has 0 unspecified atom stereocenters. The number of aliphatic imine (C=N–C) groups is 2. The van der Waals surface area contributed by atoms with Gasteiger partial charge in [0.1, 0.15) is 0 Å². The Labute approximate surface area is 195 Å². The second-order valence-electron chi connectivity index (χ2n) is 6.43. The van der Waals surface area contributed by atoms with Crippen LogP contribution in [0.2, 0.25) is 0 Å². The molecular weight excluding hydrogens is 523 g/mol. The van der Waals surface area contributed by atoms with Crippen LogP contribution < -0.4 is 0 Å². The zero-order chi connectivity index (χ0) is 21.8. The summed E-state index contributed by atoms with van der Waals surface area (Å²) >= 11 is 1.43. The van der Waals surface area contributed by atoms with Crippen LogP contribution in [0.5, 0.6) is 0 Å². The first-order valence-corrected chi connectivity index (χ1v) is 12.5. The van der Waals surface area contributed by atoms with E-state index in [4.69, 9.17) is 0 Å². The summed E-state index contributed by atoms with van der Waals surface area (Å²) in [6, 6.07) is 8.61. The van der Waals surface area contributed by atoms with Gasteiger partial charge in [-0.05, 0) is 18.9 Å². The van der Waals surface area contributed by atoms with E-state index in [2.05, 4.69) is 61.2 Å². The molecule has 2 nitrogen and oxygen atoms in total. The van der Waals surface area contributed by atoms with Crippen molar-refractivity contribution >= 4 is 24.5 Å². The summed E-state index contributed by atoms with van der Waals surface area (Å²) in [5, 5.41) is 0. The minimum Gasteiger partial charge on any atom is 0 e. The zero-order valence-corrected chi connectivity index (χ0v) is 23.1. The van der Waals surface area contributed by atoms with Crippen LogP contribution in [0.25, 0.3) is 0 Å². The van der Waals surface area contributed by atoms with Crippen molar-refractivity contribution in [3.63, 3.8) is 0 Å². The molecule has 0 N–H and O–H groups in total. The number of amidine groups is 1. The molecule has 1 aromatic rings. The fourth-order valence-electron chi connectivity index (χ4n) is 3.01. The van der Waals surface area contributed by atoms with Crippen molar-refractivity contribution in [3.8, 4) is 0 Å². The van der Waals surface area contributed by atoms with Crippen LogP contribution in [0.15, 0.2) is 34.3 Å². The molecule has 0 saturated heterocycles. The maximum atomic E-state index is 4.50. The van der Waals surface area contributed by atoms with Crippen LogP contribution in [0.3, 0.4) is 0 Å². The molecule has 0 heterocycles. The van der Waals surface area contributed by atoms with Crippen LogP contribution in [0.4, 0.5) is 0 Å². The topological polar surface area (TPSA) is 24.7 Å². The van der Waals surface area contributed by atoms with Gasteiger partial charge in [-0.2, -0.15) is 0 Å². The van der Waals surface area contributed by atoms with Crippen LogP contribution >= 0.6 is 0 Å². The second kappa shape index (κ2) is 23.5. The summed E-state index contributed by atoms with van der Waals surface area (Å²) in [7, 11) is 0. The molecule has 163 valence electrons. The van der Waals surface area contributed by atoms with E-state index in [9.17, 15) is 0 Å². The Morgan fingerprint density at radius 1 is 1.10 bits per heavy atom. The smallest absolute Gasteiger partial charge is 0 e. The van der Waals surface area contributed by atoms with Crippen molar-refractivity contribution in [2.45, 2.75) is 100 Å². The number of benzene rings is 1. The third-order valence-corrected chi connectivity index (χ3v) is 4.54. The summed E-state index contributed by atoms with van der Waals surface area (Å²) in [6.07, 6.45) is 11.9. The molecule has 1 fully saturated rings. The maximum Gasteiger partial charge on any atom is 0 e. The molecule has 0 amide bonds. The molecule has 0 spiro atoms. The molecule has 1 aliphatic rings. The first-order chi connectivity index (χ1) is 13.5. The van der Waals surface area contributed by atoms with Gasteiger partial charge in [-0.1, -0.05) is 64.4 Å². The molecule has 0 aliphatic heterocycles. The van der Waals surface area contributed by atoms with Crippen molar-refractivity contribution < 1.29 is 19.4 Å². The molecular formula is C25H43BN2W-. The standard InChI is InChI=1S/C12H19N2.C9H12.2C2H6.B.W/c1-3-13-12(14-4-2)10-11-8-6-5-7-9-11;1-3-9-6-4-5-8(2)7-9;2*1-2;;/h11H,5-10H2,1-2H3;4-7H,3H2,1-2H3;2*1-2H3;;/q-1;;;;;. The normalized spacial score (nSPS) is 13.6. The van der Waals surface area contributed by atoms with Gasteiger partial charge in [0.05, 0.1) is 0 Å². The SMILES string of the molecule is CC.CC.CCc1cccc(C)c1.C[C-]=NC(CC1CCCCC1)=N[C](C)=[W].[B]. The Balaban J connectivity index is -0.000000415. The molecule has 0 bridgehead atoms. The van der Waals surface area contributed by atoms with E-state index in [0.29, 0.717) is 0 Å². The van der Waals surface area contributed by atoms with Gasteiger partial charge in [-0.25, -0.2) is 0 Å². The van der Waals surface area contributed by atoms with E-state index in [0.717, 1.165) is 24.6 Å². The predicted octanol–water partition coefficient (Wildman–Crippen LogP) is 7.25. The molecule has 3 radical (unpaired) electrons. The molecule has 4 heteroatoms. The average molecular weight is 566 g/mol. The maximum absolute atomic E-state index is 4.50. The van der Waals surface area contributed by atoms with Crippen molar-refractivity contribution in [2.24, 2.45) is 15.9 Å². The summed E-state index contributed by atoms with van der Waals surface area (Å²) in [6.45, 7) is 16.2. The largest absolute Gasteiger partial charge is 0 e. The van der Waals surface area contributed by atoms with Gasteiger partial charge in [0.2, 0.25) is 0 Å². The number of hydrogen-bond donors (Lipinski definition) is 0. The number of rotatable bonds is 4. The molecule has 2 rings (SSSR count). The molecule has 0 atom stereocenters. The third kappa shape index (κ3) is 18.9. The van der Waals surface area contributed by atoms with Gasteiger partial charge in [0.15, 0.2) is 0 Å². The van der Waals surface area contributed by atoms with Gasteiger partial charge in [-0.15, -0.1) is 0 Å². The summed E-state index contributed by atoms with van der Waals surface area (Å²) in [4.78, 5) is 8.75. The van der Waals surface area contributed by atoms with E-state index in [1.54, 1.807) is 0 Å². The van der Waals surface area contributed by atoms with Crippen molar-refractivity contribution in [1.29, 1.82) is 0 Å². The fraction of sp³-hybridized carbons (Fsp3) is 0.640. The summed E-state index contributed by atoms with van der Waals surface area (Å²) in [5.74, 6) is 1.79. The van der Waals surface area contributed by atoms with E-state index in [-0.39, 0.29) is 8.41 Å². The van der Waals surface area contributed by atoms with Crippen molar-refractivity contribution in [2.75, 3.05) is 0 Å². The predicted molar refractivity (Wildman–Crippen MR) is 131 cm³/mol. The first kappa shape index (κ1) is 32.8. The summed E-state index contributed by atoms with van der Waals surface area (Å²) in [5.41, 5.74) is 2.78. The first-order valence-electron chi connectivity index (χ1n) is 11.1. The molecule has 29 heavy (non-hydrogen) atoms. The molecule has 1 aromatic carbocycles.